The number of aryl methyl sites for hydroxylation is 2. The van der Waals surface area contributed by atoms with Crippen molar-refractivity contribution in [2.75, 3.05) is 6.54 Å². The Labute approximate surface area is 117 Å². The van der Waals surface area contributed by atoms with Crippen molar-refractivity contribution in [2.24, 2.45) is 5.92 Å². The van der Waals surface area contributed by atoms with Gasteiger partial charge >= 0.3 is 0 Å². The van der Waals surface area contributed by atoms with Crippen LogP contribution in [0, 0.1) is 5.92 Å². The first kappa shape index (κ1) is 14.6. The van der Waals surface area contributed by atoms with Gasteiger partial charge in [0.05, 0.1) is 11.4 Å². The van der Waals surface area contributed by atoms with Gasteiger partial charge in [-0.15, -0.1) is 0 Å². The molecule has 1 heterocycles. The molecule has 0 aliphatic heterocycles. The Morgan fingerprint density at radius 3 is 2.63 bits per heavy atom. The molecule has 1 saturated carbocycles. The Hall–Kier alpha value is -0.830. The topological polar surface area (TPSA) is 29.9 Å². The zero-order valence-electron chi connectivity index (χ0n) is 12.8. The van der Waals surface area contributed by atoms with Gasteiger partial charge in [-0.2, -0.15) is 5.10 Å². The number of aromatic nitrogens is 2. The van der Waals surface area contributed by atoms with Crippen molar-refractivity contribution in [1.29, 1.82) is 0 Å². The Morgan fingerprint density at radius 2 is 2.05 bits per heavy atom. The summed E-state index contributed by atoms with van der Waals surface area (Å²) in [4.78, 5) is 0. The lowest BCUT2D eigenvalue weighted by atomic mass is 9.96. The van der Waals surface area contributed by atoms with Crippen LogP contribution in [0.2, 0.25) is 0 Å². The molecule has 1 aromatic heterocycles. The first-order valence-electron chi connectivity index (χ1n) is 8.08. The highest BCUT2D eigenvalue weighted by Gasteiger charge is 2.23. The molecule has 0 amide bonds. The van der Waals surface area contributed by atoms with E-state index < -0.39 is 0 Å². The van der Waals surface area contributed by atoms with Gasteiger partial charge in [0.1, 0.15) is 0 Å². The summed E-state index contributed by atoms with van der Waals surface area (Å²) in [7, 11) is 0. The van der Waals surface area contributed by atoms with E-state index in [1.165, 1.54) is 43.5 Å². The highest BCUT2D eigenvalue weighted by molar-refractivity contribution is 5.15. The number of nitrogens with one attached hydrogen (secondary N) is 1. The molecule has 1 aromatic rings. The summed E-state index contributed by atoms with van der Waals surface area (Å²) in [5.41, 5.74) is 2.62. The minimum absolute atomic E-state index is 0.487. The van der Waals surface area contributed by atoms with Gasteiger partial charge in [0.2, 0.25) is 0 Å². The predicted molar refractivity (Wildman–Crippen MR) is 80.3 cm³/mol. The third kappa shape index (κ3) is 3.59. The fourth-order valence-corrected chi connectivity index (χ4v) is 3.33. The average molecular weight is 263 g/mol. The van der Waals surface area contributed by atoms with Gasteiger partial charge in [-0.05, 0) is 38.3 Å². The van der Waals surface area contributed by atoms with Crippen LogP contribution in [-0.4, -0.2) is 16.3 Å². The highest BCUT2D eigenvalue weighted by Crippen LogP contribution is 2.33. The molecule has 1 N–H and O–H groups in total. The molecule has 0 aromatic carbocycles. The Morgan fingerprint density at radius 1 is 1.32 bits per heavy atom. The van der Waals surface area contributed by atoms with Gasteiger partial charge in [-0.3, -0.25) is 4.68 Å². The normalized spacial score (nSPS) is 18.1. The van der Waals surface area contributed by atoms with E-state index in [-0.39, 0.29) is 0 Å². The summed E-state index contributed by atoms with van der Waals surface area (Å²) in [5.74, 6) is 0.911. The fraction of sp³-hybridized carbons (Fsp3) is 0.812. The molecule has 3 heteroatoms. The lowest BCUT2D eigenvalue weighted by Gasteiger charge is -2.22. The monoisotopic (exact) mass is 263 g/mol. The summed E-state index contributed by atoms with van der Waals surface area (Å²) < 4.78 is 2.20. The molecule has 1 aliphatic carbocycles. The van der Waals surface area contributed by atoms with Gasteiger partial charge in [-0.25, -0.2) is 0 Å². The predicted octanol–water partition coefficient (Wildman–Crippen LogP) is 3.70. The summed E-state index contributed by atoms with van der Waals surface area (Å²) in [6.45, 7) is 8.59. The van der Waals surface area contributed by atoms with Crippen LogP contribution < -0.4 is 5.32 Å². The standard InChI is InChI=1S/C16H29N3/c1-4-14-12-16(19(6-3)18-14)15(17-5-2)11-13-9-7-8-10-13/h12-13,15,17H,4-11H2,1-3H3. The van der Waals surface area contributed by atoms with Crippen molar-refractivity contribution in [3.05, 3.63) is 17.5 Å². The molecule has 19 heavy (non-hydrogen) atoms. The quantitative estimate of drug-likeness (QED) is 0.813. The zero-order chi connectivity index (χ0) is 13.7. The van der Waals surface area contributed by atoms with Crippen molar-refractivity contribution in [3.8, 4) is 0 Å². The van der Waals surface area contributed by atoms with Crippen molar-refractivity contribution in [1.82, 2.24) is 15.1 Å². The van der Waals surface area contributed by atoms with Crippen molar-refractivity contribution < 1.29 is 0 Å². The number of nitrogens with zero attached hydrogens (tertiary/aromatic N) is 2. The van der Waals surface area contributed by atoms with Crippen LogP contribution >= 0.6 is 0 Å². The van der Waals surface area contributed by atoms with Crippen molar-refractivity contribution in [2.45, 2.75) is 71.9 Å². The summed E-state index contributed by atoms with van der Waals surface area (Å²) >= 11 is 0. The fourth-order valence-electron chi connectivity index (χ4n) is 3.33. The van der Waals surface area contributed by atoms with Gasteiger partial charge in [-0.1, -0.05) is 39.5 Å². The third-order valence-electron chi connectivity index (χ3n) is 4.37. The van der Waals surface area contributed by atoms with E-state index in [1.807, 2.05) is 0 Å². The molecular formula is C16H29N3. The minimum atomic E-state index is 0.487. The number of hydrogen-bond donors (Lipinski definition) is 1. The Kier molecular flexibility index (Phi) is 5.44. The first-order valence-corrected chi connectivity index (χ1v) is 8.08. The van der Waals surface area contributed by atoms with E-state index >= 15 is 0 Å². The second-order valence-corrected chi connectivity index (χ2v) is 5.73. The van der Waals surface area contributed by atoms with Crippen LogP contribution in [-0.2, 0) is 13.0 Å². The molecule has 2 rings (SSSR count). The SMILES string of the molecule is CCNC(CC1CCCC1)c1cc(CC)nn1CC. The first-order chi connectivity index (χ1) is 9.28. The molecule has 1 fully saturated rings. The van der Waals surface area contributed by atoms with E-state index in [1.54, 1.807) is 0 Å². The molecule has 1 aliphatic rings. The van der Waals surface area contributed by atoms with Crippen LogP contribution in [0.15, 0.2) is 6.07 Å². The van der Waals surface area contributed by atoms with E-state index in [0.717, 1.165) is 25.4 Å². The van der Waals surface area contributed by atoms with E-state index in [0.29, 0.717) is 6.04 Å². The largest absolute Gasteiger partial charge is 0.309 e. The van der Waals surface area contributed by atoms with E-state index in [9.17, 15) is 0 Å². The smallest absolute Gasteiger partial charge is 0.0625 e. The Balaban J connectivity index is 2.14. The average Bonchev–Trinajstić information content (AvgIpc) is 3.06. The maximum Gasteiger partial charge on any atom is 0.0625 e. The number of hydrogen-bond acceptors (Lipinski definition) is 2. The van der Waals surface area contributed by atoms with Gasteiger partial charge in [0, 0.05) is 12.6 Å². The lowest BCUT2D eigenvalue weighted by molar-refractivity contribution is 0.381. The second kappa shape index (κ2) is 7.09. The van der Waals surface area contributed by atoms with E-state index in [2.05, 4.69) is 36.8 Å². The van der Waals surface area contributed by atoms with Gasteiger partial charge in [0.25, 0.3) is 0 Å². The zero-order valence-corrected chi connectivity index (χ0v) is 12.8. The van der Waals surface area contributed by atoms with Crippen LogP contribution in [0.5, 0.6) is 0 Å². The molecular weight excluding hydrogens is 234 g/mol. The van der Waals surface area contributed by atoms with Crippen molar-refractivity contribution in [3.63, 3.8) is 0 Å². The van der Waals surface area contributed by atoms with E-state index in [4.69, 9.17) is 5.10 Å². The molecule has 0 spiro atoms. The summed E-state index contributed by atoms with van der Waals surface area (Å²) in [6.07, 6.45) is 8.00. The molecule has 0 saturated heterocycles. The molecule has 0 radical (unpaired) electrons. The molecule has 0 bridgehead atoms. The molecule has 3 nitrogen and oxygen atoms in total. The summed E-state index contributed by atoms with van der Waals surface area (Å²) in [5, 5.41) is 8.38. The Bertz CT molecular complexity index is 377. The lowest BCUT2D eigenvalue weighted by Crippen LogP contribution is -2.25. The van der Waals surface area contributed by atoms with Gasteiger partial charge < -0.3 is 5.32 Å². The summed E-state index contributed by atoms with van der Waals surface area (Å²) in [6, 6.07) is 2.80. The maximum absolute atomic E-state index is 4.70. The molecule has 1 atom stereocenters. The molecule has 108 valence electrons. The minimum Gasteiger partial charge on any atom is -0.309 e. The molecule has 1 unspecified atom stereocenters. The second-order valence-electron chi connectivity index (χ2n) is 5.73. The third-order valence-corrected chi connectivity index (χ3v) is 4.37. The number of rotatable bonds is 7. The van der Waals surface area contributed by atoms with Crippen LogP contribution in [0.25, 0.3) is 0 Å². The maximum atomic E-state index is 4.70. The van der Waals surface area contributed by atoms with Gasteiger partial charge in [0.15, 0.2) is 0 Å². The van der Waals surface area contributed by atoms with Crippen LogP contribution in [0.3, 0.4) is 0 Å². The van der Waals surface area contributed by atoms with Crippen LogP contribution in [0.4, 0.5) is 0 Å². The van der Waals surface area contributed by atoms with Crippen LogP contribution in [0.1, 0.15) is 70.3 Å². The highest BCUT2D eigenvalue weighted by atomic mass is 15.3. The van der Waals surface area contributed by atoms with Crippen molar-refractivity contribution >= 4 is 0 Å².